The maximum atomic E-state index is 12.6. The summed E-state index contributed by atoms with van der Waals surface area (Å²) in [4.78, 5) is 26.5. The third kappa shape index (κ3) is 4.61. The minimum absolute atomic E-state index is 0.0789. The molecule has 0 spiro atoms. The van der Waals surface area contributed by atoms with Crippen molar-refractivity contribution in [2.45, 2.75) is 13.3 Å². The van der Waals surface area contributed by atoms with E-state index < -0.39 is 0 Å². The van der Waals surface area contributed by atoms with E-state index in [2.05, 4.69) is 5.32 Å². The molecule has 3 aromatic rings. The summed E-state index contributed by atoms with van der Waals surface area (Å²) >= 11 is 0. The molecule has 0 fully saturated rings. The molecule has 0 radical (unpaired) electrons. The molecule has 0 heterocycles. The molecule has 2 amide bonds. The highest BCUT2D eigenvalue weighted by atomic mass is 16.2. The molecule has 0 aliphatic heterocycles. The lowest BCUT2D eigenvalue weighted by atomic mass is 10.1. The van der Waals surface area contributed by atoms with E-state index >= 15 is 0 Å². The molecular weight excluding hydrogens is 336 g/mol. The van der Waals surface area contributed by atoms with Crippen LogP contribution in [0.5, 0.6) is 0 Å². The second-order valence-electron chi connectivity index (χ2n) is 6.43. The van der Waals surface area contributed by atoms with Gasteiger partial charge in [0, 0.05) is 24.0 Å². The van der Waals surface area contributed by atoms with Crippen molar-refractivity contribution in [1.29, 1.82) is 0 Å². The van der Waals surface area contributed by atoms with E-state index in [1.807, 2.05) is 61.5 Å². The van der Waals surface area contributed by atoms with Crippen LogP contribution in [-0.2, 0) is 11.2 Å². The van der Waals surface area contributed by atoms with E-state index in [9.17, 15) is 9.59 Å². The summed E-state index contributed by atoms with van der Waals surface area (Å²) in [7, 11) is 1.75. The van der Waals surface area contributed by atoms with Crippen LogP contribution in [0.4, 0.5) is 11.4 Å². The Balaban J connectivity index is 1.64. The Morgan fingerprint density at radius 3 is 2.15 bits per heavy atom. The Hall–Kier alpha value is -3.40. The van der Waals surface area contributed by atoms with Crippen LogP contribution < -0.4 is 10.2 Å². The number of nitrogens with zero attached hydrogens (tertiary/aromatic N) is 1. The fraction of sp³-hybridized carbons (Fsp3) is 0.130. The number of para-hydroxylation sites is 1. The Bertz CT molecular complexity index is 934. The SMILES string of the molecule is Cc1ccccc1CC(=O)Nc1ccc(C(=O)N(C)c2ccccc2)cc1. The van der Waals surface area contributed by atoms with E-state index in [4.69, 9.17) is 0 Å². The first-order chi connectivity index (χ1) is 13.0. The Morgan fingerprint density at radius 1 is 0.852 bits per heavy atom. The minimum atomic E-state index is -0.0982. The second-order valence-corrected chi connectivity index (χ2v) is 6.43. The van der Waals surface area contributed by atoms with Crippen molar-refractivity contribution in [3.8, 4) is 0 Å². The molecule has 3 aromatic carbocycles. The Labute approximate surface area is 159 Å². The van der Waals surface area contributed by atoms with Crippen molar-refractivity contribution in [3.05, 3.63) is 95.6 Å². The average Bonchev–Trinajstić information content (AvgIpc) is 2.70. The first kappa shape index (κ1) is 18.4. The summed E-state index contributed by atoms with van der Waals surface area (Å²) in [6.07, 6.45) is 0.324. The molecule has 4 heteroatoms. The molecule has 0 aromatic heterocycles. The number of carbonyl (C=O) groups is 2. The van der Waals surface area contributed by atoms with Gasteiger partial charge in [0.15, 0.2) is 0 Å². The molecule has 0 unspecified atom stereocenters. The van der Waals surface area contributed by atoms with Gasteiger partial charge in [-0.25, -0.2) is 0 Å². The van der Waals surface area contributed by atoms with Gasteiger partial charge in [0.25, 0.3) is 5.91 Å². The second kappa shape index (κ2) is 8.32. The predicted octanol–water partition coefficient (Wildman–Crippen LogP) is 4.45. The number of amides is 2. The minimum Gasteiger partial charge on any atom is -0.326 e. The molecular formula is C23H22N2O2. The van der Waals surface area contributed by atoms with E-state index in [0.717, 1.165) is 16.8 Å². The zero-order chi connectivity index (χ0) is 19.2. The highest BCUT2D eigenvalue weighted by Gasteiger charge is 2.13. The maximum Gasteiger partial charge on any atom is 0.258 e. The van der Waals surface area contributed by atoms with Crippen LogP contribution in [0.2, 0.25) is 0 Å². The molecule has 0 saturated heterocycles. The lowest BCUT2D eigenvalue weighted by molar-refractivity contribution is -0.115. The monoisotopic (exact) mass is 358 g/mol. The summed E-state index contributed by atoms with van der Waals surface area (Å²) in [5, 5.41) is 2.88. The van der Waals surface area contributed by atoms with Gasteiger partial charge in [-0.15, -0.1) is 0 Å². The molecule has 0 aliphatic rings. The topological polar surface area (TPSA) is 49.4 Å². The van der Waals surface area contributed by atoms with Crippen LogP contribution in [0.25, 0.3) is 0 Å². The molecule has 27 heavy (non-hydrogen) atoms. The summed E-state index contributed by atoms with van der Waals surface area (Å²) in [6.45, 7) is 1.99. The Morgan fingerprint density at radius 2 is 1.48 bits per heavy atom. The zero-order valence-corrected chi connectivity index (χ0v) is 15.5. The summed E-state index contributed by atoms with van der Waals surface area (Å²) in [6, 6.07) is 24.3. The fourth-order valence-electron chi connectivity index (χ4n) is 2.85. The third-order valence-corrected chi connectivity index (χ3v) is 4.48. The summed E-state index contributed by atoms with van der Waals surface area (Å²) < 4.78 is 0. The highest BCUT2D eigenvalue weighted by Crippen LogP contribution is 2.17. The number of rotatable bonds is 5. The van der Waals surface area contributed by atoms with Crippen molar-refractivity contribution in [1.82, 2.24) is 0 Å². The smallest absolute Gasteiger partial charge is 0.258 e. The zero-order valence-electron chi connectivity index (χ0n) is 15.5. The van der Waals surface area contributed by atoms with Gasteiger partial charge in [-0.2, -0.15) is 0 Å². The highest BCUT2D eigenvalue weighted by molar-refractivity contribution is 6.06. The molecule has 136 valence electrons. The van der Waals surface area contributed by atoms with Gasteiger partial charge >= 0.3 is 0 Å². The molecule has 1 N–H and O–H groups in total. The number of benzene rings is 3. The summed E-state index contributed by atoms with van der Waals surface area (Å²) in [5.74, 6) is -0.177. The first-order valence-electron chi connectivity index (χ1n) is 8.82. The molecule has 0 bridgehead atoms. The molecule has 0 aliphatic carbocycles. The largest absolute Gasteiger partial charge is 0.326 e. The number of hydrogen-bond donors (Lipinski definition) is 1. The van der Waals surface area contributed by atoms with Gasteiger partial charge in [0.2, 0.25) is 5.91 Å². The van der Waals surface area contributed by atoms with Gasteiger partial charge in [-0.3, -0.25) is 9.59 Å². The van der Waals surface area contributed by atoms with Gasteiger partial charge in [-0.1, -0.05) is 42.5 Å². The maximum absolute atomic E-state index is 12.6. The first-order valence-corrected chi connectivity index (χ1v) is 8.82. The van der Waals surface area contributed by atoms with Crippen molar-refractivity contribution in [2.24, 2.45) is 0 Å². The van der Waals surface area contributed by atoms with E-state index in [1.165, 1.54) is 0 Å². The van der Waals surface area contributed by atoms with Crippen LogP contribution in [0, 0.1) is 6.92 Å². The van der Waals surface area contributed by atoms with Crippen LogP contribution in [0.15, 0.2) is 78.9 Å². The van der Waals surface area contributed by atoms with Crippen molar-refractivity contribution >= 4 is 23.2 Å². The van der Waals surface area contributed by atoms with Crippen LogP contribution in [0.3, 0.4) is 0 Å². The molecule has 0 saturated carbocycles. The Kier molecular flexibility index (Phi) is 5.67. The van der Waals surface area contributed by atoms with Gasteiger partial charge in [0.05, 0.1) is 6.42 Å². The normalized spacial score (nSPS) is 10.3. The quantitative estimate of drug-likeness (QED) is 0.732. The van der Waals surface area contributed by atoms with Crippen molar-refractivity contribution in [3.63, 3.8) is 0 Å². The number of aryl methyl sites for hydroxylation is 1. The van der Waals surface area contributed by atoms with E-state index in [-0.39, 0.29) is 11.8 Å². The number of anilines is 2. The van der Waals surface area contributed by atoms with Crippen LogP contribution in [0.1, 0.15) is 21.5 Å². The van der Waals surface area contributed by atoms with Gasteiger partial charge in [-0.05, 0) is 54.4 Å². The summed E-state index contributed by atoms with van der Waals surface area (Å²) in [5.41, 5.74) is 4.17. The predicted molar refractivity (Wildman–Crippen MR) is 109 cm³/mol. The number of carbonyl (C=O) groups excluding carboxylic acids is 2. The average molecular weight is 358 g/mol. The van der Waals surface area contributed by atoms with E-state index in [1.54, 1.807) is 36.2 Å². The van der Waals surface area contributed by atoms with Crippen LogP contribution >= 0.6 is 0 Å². The molecule has 0 atom stereocenters. The van der Waals surface area contributed by atoms with Gasteiger partial charge in [0.1, 0.15) is 0 Å². The fourth-order valence-corrected chi connectivity index (χ4v) is 2.85. The van der Waals surface area contributed by atoms with Crippen LogP contribution in [-0.4, -0.2) is 18.9 Å². The van der Waals surface area contributed by atoms with Gasteiger partial charge < -0.3 is 10.2 Å². The van der Waals surface area contributed by atoms with Crippen molar-refractivity contribution < 1.29 is 9.59 Å². The standard InChI is InChI=1S/C23H22N2O2/c1-17-8-6-7-9-19(17)16-22(26)24-20-14-12-18(13-15-20)23(27)25(2)21-10-4-3-5-11-21/h3-15H,16H2,1-2H3,(H,24,26). The lowest BCUT2D eigenvalue weighted by Gasteiger charge is -2.17. The third-order valence-electron chi connectivity index (χ3n) is 4.48. The number of hydrogen-bond acceptors (Lipinski definition) is 2. The molecule has 3 rings (SSSR count). The number of nitrogens with one attached hydrogen (secondary N) is 1. The molecule has 4 nitrogen and oxygen atoms in total. The van der Waals surface area contributed by atoms with Crippen molar-refractivity contribution in [2.75, 3.05) is 17.3 Å². The lowest BCUT2D eigenvalue weighted by Crippen LogP contribution is -2.26. The van der Waals surface area contributed by atoms with E-state index in [0.29, 0.717) is 17.7 Å².